The van der Waals surface area contributed by atoms with Crippen LogP contribution in [-0.4, -0.2) is 85.7 Å². The molecule has 0 bridgehead atoms. The largest absolute Gasteiger partial charge is 0.508 e. The van der Waals surface area contributed by atoms with Crippen molar-refractivity contribution in [1.29, 1.82) is 0 Å². The molecule has 9 heteroatoms. The Hall–Kier alpha value is -1.23. The third kappa shape index (κ3) is 57.6. The highest BCUT2D eigenvalue weighted by Gasteiger charge is 2.22. The van der Waals surface area contributed by atoms with Crippen LogP contribution >= 0.6 is 0 Å². The molecule has 246 valence electrons. The van der Waals surface area contributed by atoms with E-state index < -0.39 is 6.16 Å². The van der Waals surface area contributed by atoms with Crippen LogP contribution in [0.1, 0.15) is 109 Å². The lowest BCUT2D eigenvalue weighted by molar-refractivity contribution is 0.00539. The number of cyclic esters (lactones) is 2. The van der Waals surface area contributed by atoms with E-state index in [4.69, 9.17) is 25.2 Å². The van der Waals surface area contributed by atoms with Crippen molar-refractivity contribution in [2.75, 3.05) is 53.0 Å². The first-order valence-corrected chi connectivity index (χ1v) is 13.3. The van der Waals surface area contributed by atoms with E-state index in [1.807, 2.05) is 27.7 Å². The van der Waals surface area contributed by atoms with Gasteiger partial charge < -0.3 is 39.4 Å². The number of carbonyl (C=O) groups excluding carboxylic acids is 1. The maximum Gasteiger partial charge on any atom is 0.508 e. The Kier molecular flexibility index (Phi) is 84.0. The second-order valence-corrected chi connectivity index (χ2v) is 7.22. The molecule has 0 aromatic heterocycles. The van der Waals surface area contributed by atoms with Gasteiger partial charge in [0.2, 0.25) is 0 Å². The Morgan fingerprint density at radius 1 is 0.718 bits per heavy atom. The topological polar surface area (TPSA) is 135 Å². The van der Waals surface area contributed by atoms with Gasteiger partial charge in [0.1, 0.15) is 19.5 Å². The van der Waals surface area contributed by atoms with Gasteiger partial charge >= 0.3 is 6.16 Å². The molecule has 4 N–H and O–H groups in total. The molecular weight excluding hydrogens is 504 g/mol. The lowest BCUT2D eigenvalue weighted by Crippen LogP contribution is -2.16. The van der Waals surface area contributed by atoms with Gasteiger partial charge in [-0.2, -0.15) is 0 Å². The fraction of sp³-hybridized carbons (Fsp3) is 0.900. The van der Waals surface area contributed by atoms with Crippen molar-refractivity contribution in [3.05, 3.63) is 13.2 Å². The molecule has 0 spiro atoms. The van der Waals surface area contributed by atoms with Gasteiger partial charge in [-0.15, -0.1) is 13.2 Å². The van der Waals surface area contributed by atoms with E-state index in [9.17, 15) is 4.79 Å². The van der Waals surface area contributed by atoms with E-state index in [2.05, 4.69) is 34.3 Å². The number of hydrogen-bond acceptors (Lipinski definition) is 9. The molecule has 1 aliphatic carbocycles. The van der Waals surface area contributed by atoms with Crippen LogP contribution in [0, 0.1) is 11.8 Å². The van der Waals surface area contributed by atoms with Gasteiger partial charge in [0, 0.05) is 39.6 Å². The van der Waals surface area contributed by atoms with Crippen LogP contribution in [0.2, 0.25) is 0 Å². The first-order chi connectivity index (χ1) is 17.3. The fourth-order valence-corrected chi connectivity index (χ4v) is 2.68. The summed E-state index contributed by atoms with van der Waals surface area (Å²) >= 11 is 0. The smallest absolute Gasteiger partial charge is 0.430 e. The van der Waals surface area contributed by atoms with Crippen molar-refractivity contribution in [1.82, 2.24) is 0 Å². The van der Waals surface area contributed by atoms with Crippen LogP contribution in [0.25, 0.3) is 0 Å². The molecule has 1 unspecified atom stereocenters. The number of aliphatic hydroxyl groups excluding tert-OH is 4. The van der Waals surface area contributed by atoms with E-state index in [-0.39, 0.29) is 48.4 Å². The molecular formula is C30H72O9. The van der Waals surface area contributed by atoms with E-state index >= 15 is 0 Å². The predicted octanol–water partition coefficient (Wildman–Crippen LogP) is 6.85. The number of rotatable bonds is 7. The quantitative estimate of drug-likeness (QED) is 0.146. The minimum atomic E-state index is -0.531. The molecule has 1 aliphatic heterocycles. The molecule has 1 saturated carbocycles. The molecule has 0 aromatic rings. The summed E-state index contributed by atoms with van der Waals surface area (Å²) in [7, 11) is 0. The zero-order valence-electron chi connectivity index (χ0n) is 24.4. The van der Waals surface area contributed by atoms with Crippen LogP contribution in [0.15, 0.2) is 13.2 Å². The van der Waals surface area contributed by atoms with Gasteiger partial charge in [0.25, 0.3) is 0 Å². The summed E-state index contributed by atoms with van der Waals surface area (Å²) < 4.78 is 18.4. The minimum absolute atomic E-state index is 0. The van der Waals surface area contributed by atoms with E-state index in [1.54, 1.807) is 13.8 Å². The fourth-order valence-electron chi connectivity index (χ4n) is 2.68. The van der Waals surface area contributed by atoms with Crippen molar-refractivity contribution in [2.45, 2.75) is 115 Å². The average Bonchev–Trinajstić information content (AvgIpc) is 3.34. The highest BCUT2D eigenvalue weighted by molar-refractivity contribution is 5.61. The number of hydrogen-bond donors (Lipinski definition) is 4. The van der Waals surface area contributed by atoms with Crippen LogP contribution in [0.3, 0.4) is 0 Å². The first-order valence-electron chi connectivity index (χ1n) is 13.3. The Labute approximate surface area is 243 Å². The normalized spacial score (nSPS) is 17.5. The van der Waals surface area contributed by atoms with E-state index in [0.717, 1.165) is 25.6 Å². The molecule has 0 aromatic carbocycles. The van der Waals surface area contributed by atoms with Crippen LogP contribution < -0.4 is 0 Å². The third-order valence-corrected chi connectivity index (χ3v) is 4.61. The summed E-state index contributed by atoms with van der Waals surface area (Å²) in [5.41, 5.74) is 0. The van der Waals surface area contributed by atoms with Crippen LogP contribution in [0.4, 0.5) is 4.79 Å². The summed E-state index contributed by atoms with van der Waals surface area (Å²) in [5.74, 6) is 1.59. The highest BCUT2D eigenvalue weighted by atomic mass is 16.8. The first kappa shape index (κ1) is 57.6. The summed E-state index contributed by atoms with van der Waals surface area (Å²) in [6.07, 6.45) is 6.86. The van der Waals surface area contributed by atoms with Gasteiger partial charge in [-0.3, -0.25) is 0 Å². The van der Waals surface area contributed by atoms with Crippen molar-refractivity contribution >= 4 is 6.16 Å². The van der Waals surface area contributed by atoms with Crippen molar-refractivity contribution in [3.63, 3.8) is 0 Å². The molecule has 1 atom stereocenters. The maximum absolute atomic E-state index is 10.2. The lowest BCUT2D eigenvalue weighted by atomic mass is 9.81. The van der Waals surface area contributed by atoms with Gasteiger partial charge in [-0.25, -0.2) is 4.79 Å². The summed E-state index contributed by atoms with van der Waals surface area (Å²) in [6, 6.07) is 0. The summed E-state index contributed by atoms with van der Waals surface area (Å²) in [6.45, 7) is 22.9. The molecule has 0 amide bonds. The van der Waals surface area contributed by atoms with Gasteiger partial charge in [0.15, 0.2) is 0 Å². The SMILES string of the molecule is C.C.C.C=C.CCC1CCC(CO)CC1.CCC1COC(=O)O1.CCO.CCO.CCOCC.CCOCO. The van der Waals surface area contributed by atoms with Crippen molar-refractivity contribution < 1.29 is 44.2 Å². The molecule has 1 saturated heterocycles. The standard InChI is InChI=1S/C9H18O.C5H8O3.C4H10O.C3H8O2.2C2H6O.C2H4.3CH4/c1-2-8-3-5-9(7-10)6-4-8;1-2-4-3-7-5(6)8-4;1-3-5-4-2;1-2-5-3-4;2*1-2-3;1-2;;;/h8-10H,2-7H2,1H3;4H,2-3H2,1H3;3-4H2,1-2H3;4H,2-3H2,1H3;2*3H,2H2,1H3;1-2H2;3*1H4. The number of carbonyl (C=O) groups is 1. The Morgan fingerprint density at radius 2 is 1.10 bits per heavy atom. The molecule has 2 rings (SSSR count). The Balaban J connectivity index is -0.0000000504. The molecule has 9 nitrogen and oxygen atoms in total. The molecule has 39 heavy (non-hydrogen) atoms. The number of aliphatic hydroxyl groups is 4. The number of ether oxygens (including phenoxy) is 4. The Morgan fingerprint density at radius 3 is 1.26 bits per heavy atom. The van der Waals surface area contributed by atoms with Gasteiger partial charge in [0.05, 0.1) is 0 Å². The van der Waals surface area contributed by atoms with Gasteiger partial charge in [-0.05, 0) is 65.7 Å². The molecule has 0 radical (unpaired) electrons. The minimum Gasteiger partial charge on any atom is -0.430 e. The highest BCUT2D eigenvalue weighted by Crippen LogP contribution is 2.29. The van der Waals surface area contributed by atoms with Gasteiger partial charge in [-0.1, -0.05) is 55.4 Å². The zero-order chi connectivity index (χ0) is 29.0. The molecule has 2 fully saturated rings. The average molecular weight is 577 g/mol. The predicted molar refractivity (Wildman–Crippen MR) is 167 cm³/mol. The second kappa shape index (κ2) is 56.8. The van der Waals surface area contributed by atoms with E-state index in [0.29, 0.717) is 25.7 Å². The lowest BCUT2D eigenvalue weighted by Gasteiger charge is -2.26. The Bertz CT molecular complexity index is 340. The van der Waals surface area contributed by atoms with E-state index in [1.165, 1.54) is 32.1 Å². The van der Waals surface area contributed by atoms with Crippen molar-refractivity contribution in [2.24, 2.45) is 11.8 Å². The monoisotopic (exact) mass is 577 g/mol. The molecule has 1 heterocycles. The molecule has 2 aliphatic rings. The zero-order valence-corrected chi connectivity index (χ0v) is 24.4. The van der Waals surface area contributed by atoms with Crippen molar-refractivity contribution in [3.8, 4) is 0 Å². The van der Waals surface area contributed by atoms with Crippen LogP contribution in [-0.2, 0) is 18.9 Å². The third-order valence-electron chi connectivity index (χ3n) is 4.61. The maximum atomic E-state index is 10.2. The summed E-state index contributed by atoms with van der Waals surface area (Å²) in [4.78, 5) is 10.2. The second-order valence-electron chi connectivity index (χ2n) is 7.22. The van der Waals surface area contributed by atoms with Crippen LogP contribution in [0.5, 0.6) is 0 Å². The summed E-state index contributed by atoms with van der Waals surface area (Å²) in [5, 5.41) is 31.8.